The number of aromatic amines is 1. The second kappa shape index (κ2) is 7.56. The van der Waals surface area contributed by atoms with Crippen LogP contribution in [0.3, 0.4) is 0 Å². The van der Waals surface area contributed by atoms with Crippen LogP contribution in [0.5, 0.6) is 0 Å². The molecule has 0 radical (unpaired) electrons. The van der Waals surface area contributed by atoms with Crippen molar-refractivity contribution in [2.45, 2.75) is 30.6 Å². The van der Waals surface area contributed by atoms with Crippen LogP contribution in [0.25, 0.3) is 10.9 Å². The number of nitrogens with zero attached hydrogens (tertiary/aromatic N) is 2. The highest BCUT2D eigenvalue weighted by atomic mass is 32.2. The number of piperazine rings is 1. The molecule has 7 heteroatoms. The number of H-pyrrole nitrogens is 1. The predicted octanol–water partition coefficient (Wildman–Crippen LogP) is 2.73. The van der Waals surface area contributed by atoms with E-state index in [0.29, 0.717) is 37.5 Å². The van der Waals surface area contributed by atoms with E-state index in [0.717, 1.165) is 41.3 Å². The lowest BCUT2D eigenvalue weighted by molar-refractivity contribution is -0.131. The number of amides is 1. The number of aromatic nitrogens is 1. The molecule has 3 aromatic rings. The molecule has 1 saturated heterocycles. The summed E-state index contributed by atoms with van der Waals surface area (Å²) in [5, 5.41) is 1.06. The van der Waals surface area contributed by atoms with Crippen LogP contribution in [-0.4, -0.2) is 54.7 Å². The van der Waals surface area contributed by atoms with Crippen LogP contribution in [0.2, 0.25) is 0 Å². The van der Waals surface area contributed by atoms with Gasteiger partial charge in [0.15, 0.2) is 0 Å². The van der Waals surface area contributed by atoms with E-state index in [1.807, 2.05) is 42.6 Å². The van der Waals surface area contributed by atoms with Gasteiger partial charge in [-0.3, -0.25) is 4.79 Å². The Hall–Kier alpha value is -2.64. The first-order valence-electron chi connectivity index (χ1n) is 10.5. The van der Waals surface area contributed by atoms with Gasteiger partial charge in [0.25, 0.3) is 0 Å². The van der Waals surface area contributed by atoms with Crippen molar-refractivity contribution >= 4 is 26.8 Å². The lowest BCUT2D eigenvalue weighted by Crippen LogP contribution is -2.50. The highest BCUT2D eigenvalue weighted by Crippen LogP contribution is 2.27. The van der Waals surface area contributed by atoms with Crippen molar-refractivity contribution in [1.82, 2.24) is 14.2 Å². The summed E-state index contributed by atoms with van der Waals surface area (Å²) in [6.07, 6.45) is 5.29. The molecule has 2 aromatic carbocycles. The van der Waals surface area contributed by atoms with Crippen LogP contribution in [-0.2, 0) is 34.1 Å². The van der Waals surface area contributed by atoms with Crippen LogP contribution in [0.4, 0.5) is 0 Å². The molecule has 1 fully saturated rings. The summed E-state index contributed by atoms with van der Waals surface area (Å²) in [7, 11) is -3.52. The highest BCUT2D eigenvalue weighted by Gasteiger charge is 2.31. The minimum atomic E-state index is -3.52. The number of hydrogen-bond acceptors (Lipinski definition) is 3. The van der Waals surface area contributed by atoms with Crippen molar-refractivity contribution in [3.05, 3.63) is 65.4 Å². The van der Waals surface area contributed by atoms with Crippen LogP contribution in [0, 0.1) is 0 Å². The molecule has 2 heterocycles. The first-order valence-corrected chi connectivity index (χ1v) is 11.9. The van der Waals surface area contributed by atoms with E-state index in [-0.39, 0.29) is 5.91 Å². The molecule has 1 amide bonds. The lowest BCUT2D eigenvalue weighted by Gasteiger charge is -2.34. The number of fused-ring (bicyclic) bond motifs is 2. The molecule has 30 heavy (non-hydrogen) atoms. The van der Waals surface area contributed by atoms with Crippen LogP contribution in [0.1, 0.15) is 23.1 Å². The van der Waals surface area contributed by atoms with Gasteiger partial charge < -0.3 is 9.88 Å². The van der Waals surface area contributed by atoms with Crippen molar-refractivity contribution in [3.63, 3.8) is 0 Å². The average molecular weight is 424 g/mol. The summed E-state index contributed by atoms with van der Waals surface area (Å²) in [4.78, 5) is 18.2. The molecule has 0 saturated carbocycles. The number of hydrogen-bond donors (Lipinski definition) is 1. The first-order chi connectivity index (χ1) is 14.5. The minimum Gasteiger partial charge on any atom is -0.361 e. The van der Waals surface area contributed by atoms with E-state index >= 15 is 0 Å². The number of carbonyl (C=O) groups excluding carboxylic acids is 1. The number of carbonyl (C=O) groups is 1. The zero-order valence-corrected chi connectivity index (χ0v) is 17.6. The van der Waals surface area contributed by atoms with Gasteiger partial charge in [-0.15, -0.1) is 0 Å². The van der Waals surface area contributed by atoms with Gasteiger partial charge in [-0.25, -0.2) is 8.42 Å². The van der Waals surface area contributed by atoms with Crippen LogP contribution < -0.4 is 0 Å². The molecule has 0 atom stereocenters. The van der Waals surface area contributed by atoms with Crippen molar-refractivity contribution in [2.75, 3.05) is 26.2 Å². The second-order valence-corrected chi connectivity index (χ2v) is 10.0. The number of para-hydroxylation sites is 1. The molecule has 1 aromatic heterocycles. The van der Waals surface area contributed by atoms with Gasteiger partial charge in [-0.1, -0.05) is 24.3 Å². The Kier molecular flexibility index (Phi) is 4.87. The normalized spacial score (nSPS) is 17.4. The third-order valence-electron chi connectivity index (χ3n) is 6.32. The number of aryl methyl sites for hydroxylation is 2. The number of sulfonamides is 1. The van der Waals surface area contributed by atoms with Crippen molar-refractivity contribution in [1.29, 1.82) is 0 Å². The molecule has 6 nitrogen and oxygen atoms in total. The maximum Gasteiger partial charge on any atom is 0.243 e. The summed E-state index contributed by atoms with van der Waals surface area (Å²) < 4.78 is 27.7. The molecule has 0 spiro atoms. The predicted molar refractivity (Wildman–Crippen MR) is 116 cm³/mol. The quantitative estimate of drug-likeness (QED) is 0.701. The number of benzene rings is 2. The second-order valence-electron chi connectivity index (χ2n) is 8.11. The number of rotatable bonds is 4. The van der Waals surface area contributed by atoms with E-state index in [9.17, 15) is 13.2 Å². The van der Waals surface area contributed by atoms with Gasteiger partial charge in [0.05, 0.1) is 11.3 Å². The third kappa shape index (κ3) is 3.42. The fraction of sp³-hybridized carbons (Fsp3) is 0.348. The SMILES string of the molecule is O=C(Cc1c[nH]c2ccccc12)N1CCN(S(=O)(=O)c2ccc3c(c2)CCC3)CC1. The topological polar surface area (TPSA) is 73.5 Å². The van der Waals surface area contributed by atoms with Crippen LogP contribution >= 0.6 is 0 Å². The molecular formula is C23H25N3O3S. The van der Waals surface area contributed by atoms with E-state index in [1.54, 1.807) is 11.0 Å². The van der Waals surface area contributed by atoms with E-state index < -0.39 is 10.0 Å². The third-order valence-corrected chi connectivity index (χ3v) is 8.21. The molecule has 0 unspecified atom stereocenters. The standard InChI is InChI=1S/C23H25N3O3S/c27-23(15-19-16-24-22-7-2-1-6-21(19)22)25-10-12-26(13-11-25)30(28,29)20-9-8-17-4-3-5-18(17)14-20/h1-2,6-9,14,16,24H,3-5,10-13,15H2. The van der Waals surface area contributed by atoms with Crippen LogP contribution in [0.15, 0.2) is 53.6 Å². The van der Waals surface area contributed by atoms with E-state index in [1.165, 1.54) is 9.87 Å². The van der Waals surface area contributed by atoms with Gasteiger partial charge in [-0.05, 0) is 54.2 Å². The van der Waals surface area contributed by atoms with Gasteiger partial charge >= 0.3 is 0 Å². The summed E-state index contributed by atoms with van der Waals surface area (Å²) >= 11 is 0. The lowest BCUT2D eigenvalue weighted by atomic mass is 10.1. The van der Waals surface area contributed by atoms with Crippen molar-refractivity contribution < 1.29 is 13.2 Å². The molecule has 5 rings (SSSR count). The first kappa shape index (κ1) is 19.3. The Morgan fingerprint density at radius 2 is 1.73 bits per heavy atom. The molecule has 1 N–H and O–H groups in total. The Balaban J connectivity index is 1.25. The Morgan fingerprint density at radius 1 is 0.967 bits per heavy atom. The molecule has 156 valence electrons. The molecule has 1 aliphatic carbocycles. The van der Waals surface area contributed by atoms with Gasteiger partial charge in [0.1, 0.15) is 0 Å². The molecule has 1 aliphatic heterocycles. The maximum atomic E-state index is 13.1. The van der Waals surface area contributed by atoms with Gasteiger partial charge in [0, 0.05) is 43.3 Å². The molecular weight excluding hydrogens is 398 g/mol. The molecule has 2 aliphatic rings. The monoisotopic (exact) mass is 423 g/mol. The summed E-state index contributed by atoms with van der Waals surface area (Å²) in [5.74, 6) is 0.0364. The van der Waals surface area contributed by atoms with E-state index in [2.05, 4.69) is 4.98 Å². The van der Waals surface area contributed by atoms with E-state index in [4.69, 9.17) is 0 Å². The fourth-order valence-electron chi connectivity index (χ4n) is 4.59. The average Bonchev–Trinajstić information content (AvgIpc) is 3.40. The Morgan fingerprint density at radius 3 is 2.57 bits per heavy atom. The zero-order chi connectivity index (χ0) is 20.7. The highest BCUT2D eigenvalue weighted by molar-refractivity contribution is 7.89. The Labute approximate surface area is 176 Å². The zero-order valence-electron chi connectivity index (χ0n) is 16.8. The van der Waals surface area contributed by atoms with Gasteiger partial charge in [-0.2, -0.15) is 4.31 Å². The smallest absolute Gasteiger partial charge is 0.243 e. The largest absolute Gasteiger partial charge is 0.361 e. The summed E-state index contributed by atoms with van der Waals surface area (Å²) in [5.41, 5.74) is 4.42. The maximum absolute atomic E-state index is 13.1. The molecule has 0 bridgehead atoms. The summed E-state index contributed by atoms with van der Waals surface area (Å²) in [6.45, 7) is 1.51. The Bertz CT molecular complexity index is 1210. The van der Waals surface area contributed by atoms with Crippen molar-refractivity contribution in [2.24, 2.45) is 0 Å². The van der Waals surface area contributed by atoms with Crippen molar-refractivity contribution in [3.8, 4) is 0 Å². The number of nitrogens with one attached hydrogen (secondary N) is 1. The minimum absolute atomic E-state index is 0.0364. The summed E-state index contributed by atoms with van der Waals surface area (Å²) in [6, 6.07) is 13.5. The van der Waals surface area contributed by atoms with Gasteiger partial charge in [0.2, 0.25) is 15.9 Å². The fourth-order valence-corrected chi connectivity index (χ4v) is 6.06.